The third-order valence-corrected chi connectivity index (χ3v) is 4.83. The normalized spacial score (nSPS) is 19.7. The van der Waals surface area contributed by atoms with Gasteiger partial charge in [-0.2, -0.15) is 0 Å². The molecule has 3 N–H and O–H groups in total. The zero-order valence-corrected chi connectivity index (χ0v) is 11.1. The molecule has 1 fully saturated rings. The Kier molecular flexibility index (Phi) is 3.72. The molecule has 0 aliphatic carbocycles. The lowest BCUT2D eigenvalue weighted by atomic mass is 9.85. The van der Waals surface area contributed by atoms with Crippen LogP contribution in [-0.4, -0.2) is 33.7 Å². The predicted octanol–water partition coefficient (Wildman–Crippen LogP) is 0.166. The van der Waals surface area contributed by atoms with Gasteiger partial charge in [-0.25, -0.2) is 13.1 Å². The summed E-state index contributed by atoms with van der Waals surface area (Å²) in [5.74, 6) is 0. The van der Waals surface area contributed by atoms with E-state index in [9.17, 15) is 13.5 Å². The second-order valence-corrected chi connectivity index (χ2v) is 6.40. The molecule has 5 nitrogen and oxygen atoms in total. The molecular weight excluding hydrogens is 252 g/mol. The van der Waals surface area contributed by atoms with Crippen LogP contribution in [0.2, 0.25) is 0 Å². The van der Waals surface area contributed by atoms with Gasteiger partial charge in [0.05, 0.1) is 10.5 Å². The van der Waals surface area contributed by atoms with Crippen molar-refractivity contribution in [1.82, 2.24) is 10.0 Å². The number of piperidine rings is 1. The van der Waals surface area contributed by atoms with Crippen molar-refractivity contribution in [2.75, 3.05) is 20.1 Å². The maximum atomic E-state index is 11.6. The highest BCUT2D eigenvalue weighted by molar-refractivity contribution is 7.89. The summed E-state index contributed by atoms with van der Waals surface area (Å²) in [5, 5.41) is 13.7. The summed E-state index contributed by atoms with van der Waals surface area (Å²) >= 11 is 0. The second kappa shape index (κ2) is 4.97. The van der Waals surface area contributed by atoms with Crippen molar-refractivity contribution in [2.45, 2.75) is 23.3 Å². The van der Waals surface area contributed by atoms with E-state index in [-0.39, 0.29) is 4.90 Å². The topological polar surface area (TPSA) is 78.4 Å². The van der Waals surface area contributed by atoms with Crippen LogP contribution in [0.25, 0.3) is 0 Å². The van der Waals surface area contributed by atoms with Crippen LogP contribution in [0.3, 0.4) is 0 Å². The van der Waals surface area contributed by atoms with Gasteiger partial charge >= 0.3 is 0 Å². The molecule has 0 spiro atoms. The molecule has 0 bridgehead atoms. The molecule has 0 aromatic heterocycles. The van der Waals surface area contributed by atoms with E-state index in [2.05, 4.69) is 10.0 Å². The molecule has 100 valence electrons. The summed E-state index contributed by atoms with van der Waals surface area (Å²) in [4.78, 5) is 0.214. The molecule has 0 saturated carbocycles. The number of nitrogens with one attached hydrogen (secondary N) is 2. The van der Waals surface area contributed by atoms with E-state index in [0.717, 1.165) is 18.7 Å². The highest BCUT2D eigenvalue weighted by Gasteiger charge is 2.31. The monoisotopic (exact) mass is 270 g/mol. The average Bonchev–Trinajstić information content (AvgIpc) is 2.40. The smallest absolute Gasteiger partial charge is 0.240 e. The van der Waals surface area contributed by atoms with E-state index >= 15 is 0 Å². The minimum atomic E-state index is -3.41. The van der Waals surface area contributed by atoms with Gasteiger partial charge in [-0.05, 0) is 50.7 Å². The van der Waals surface area contributed by atoms with E-state index in [0.29, 0.717) is 12.8 Å². The van der Waals surface area contributed by atoms with Gasteiger partial charge in [0.2, 0.25) is 10.0 Å². The zero-order valence-electron chi connectivity index (χ0n) is 10.3. The van der Waals surface area contributed by atoms with Crippen molar-refractivity contribution in [1.29, 1.82) is 0 Å². The van der Waals surface area contributed by atoms with Crippen LogP contribution >= 0.6 is 0 Å². The van der Waals surface area contributed by atoms with Crippen LogP contribution in [-0.2, 0) is 15.6 Å². The van der Waals surface area contributed by atoms with Crippen molar-refractivity contribution in [2.24, 2.45) is 0 Å². The van der Waals surface area contributed by atoms with Gasteiger partial charge in [-0.3, -0.25) is 0 Å². The molecule has 6 heteroatoms. The van der Waals surface area contributed by atoms with Crippen LogP contribution in [0.15, 0.2) is 29.2 Å². The largest absolute Gasteiger partial charge is 0.385 e. The fraction of sp³-hybridized carbons (Fsp3) is 0.500. The van der Waals surface area contributed by atoms with Gasteiger partial charge in [0, 0.05) is 0 Å². The van der Waals surface area contributed by atoms with E-state index in [1.165, 1.54) is 19.2 Å². The quantitative estimate of drug-likeness (QED) is 0.731. The first-order valence-corrected chi connectivity index (χ1v) is 7.43. The maximum Gasteiger partial charge on any atom is 0.240 e. The minimum Gasteiger partial charge on any atom is -0.385 e. The van der Waals surface area contributed by atoms with Crippen molar-refractivity contribution in [3.05, 3.63) is 29.8 Å². The first kappa shape index (κ1) is 13.5. The Morgan fingerprint density at radius 1 is 1.22 bits per heavy atom. The maximum absolute atomic E-state index is 11.6. The molecule has 1 aromatic rings. The Balaban J connectivity index is 2.27. The highest BCUT2D eigenvalue weighted by Crippen LogP contribution is 2.30. The van der Waals surface area contributed by atoms with Crippen LogP contribution in [0.5, 0.6) is 0 Å². The molecule has 0 unspecified atom stereocenters. The average molecular weight is 270 g/mol. The number of hydrogen-bond acceptors (Lipinski definition) is 4. The number of rotatable bonds is 3. The molecule has 1 aliphatic heterocycles. The number of hydrogen-bond donors (Lipinski definition) is 3. The molecular formula is C12H18N2O3S. The van der Waals surface area contributed by atoms with Crippen LogP contribution in [0, 0.1) is 0 Å². The minimum absolute atomic E-state index is 0.214. The van der Waals surface area contributed by atoms with Crippen molar-refractivity contribution in [3.8, 4) is 0 Å². The zero-order chi connectivity index (χ0) is 13.2. The Morgan fingerprint density at radius 3 is 2.28 bits per heavy atom. The summed E-state index contributed by atoms with van der Waals surface area (Å²) in [6.07, 6.45) is 1.29. The van der Waals surface area contributed by atoms with Gasteiger partial charge in [-0.15, -0.1) is 0 Å². The van der Waals surface area contributed by atoms with Gasteiger partial charge in [0.25, 0.3) is 0 Å². The first-order chi connectivity index (χ1) is 8.48. The highest BCUT2D eigenvalue weighted by atomic mass is 32.2. The summed E-state index contributed by atoms with van der Waals surface area (Å²) < 4.78 is 25.4. The molecule has 2 rings (SSSR count). The summed E-state index contributed by atoms with van der Waals surface area (Å²) in [7, 11) is -2.03. The molecule has 1 saturated heterocycles. The van der Waals surface area contributed by atoms with E-state index in [4.69, 9.17) is 0 Å². The summed E-state index contributed by atoms with van der Waals surface area (Å²) in [6, 6.07) is 6.44. The Labute approximate surface area is 107 Å². The molecule has 1 heterocycles. The third kappa shape index (κ3) is 2.56. The lowest BCUT2D eigenvalue weighted by Gasteiger charge is -2.33. The number of benzene rings is 1. The van der Waals surface area contributed by atoms with Gasteiger partial charge in [0.1, 0.15) is 0 Å². The SMILES string of the molecule is CNS(=O)(=O)c1ccc(C2(O)CCNCC2)cc1. The van der Waals surface area contributed by atoms with Gasteiger partial charge in [-0.1, -0.05) is 12.1 Å². The Bertz CT molecular complexity index is 505. The van der Waals surface area contributed by atoms with E-state index < -0.39 is 15.6 Å². The fourth-order valence-corrected chi connectivity index (χ4v) is 2.92. The van der Waals surface area contributed by atoms with Crippen molar-refractivity contribution in [3.63, 3.8) is 0 Å². The Hall–Kier alpha value is -0.950. The Morgan fingerprint density at radius 2 is 1.78 bits per heavy atom. The third-order valence-electron chi connectivity index (χ3n) is 3.40. The second-order valence-electron chi connectivity index (χ2n) is 4.51. The van der Waals surface area contributed by atoms with Gasteiger partial charge in [0.15, 0.2) is 0 Å². The first-order valence-electron chi connectivity index (χ1n) is 5.95. The van der Waals surface area contributed by atoms with Gasteiger partial charge < -0.3 is 10.4 Å². The molecule has 18 heavy (non-hydrogen) atoms. The van der Waals surface area contributed by atoms with Crippen LogP contribution < -0.4 is 10.0 Å². The van der Waals surface area contributed by atoms with E-state index in [1.54, 1.807) is 12.1 Å². The van der Waals surface area contributed by atoms with Crippen molar-refractivity contribution < 1.29 is 13.5 Å². The predicted molar refractivity (Wildman–Crippen MR) is 68.7 cm³/mol. The number of sulfonamides is 1. The summed E-state index contributed by atoms with van der Waals surface area (Å²) in [5.41, 5.74) is -0.0632. The van der Waals surface area contributed by atoms with Crippen LogP contribution in [0.4, 0.5) is 0 Å². The molecule has 0 radical (unpaired) electrons. The van der Waals surface area contributed by atoms with Crippen molar-refractivity contribution >= 4 is 10.0 Å². The van der Waals surface area contributed by atoms with E-state index in [1.807, 2.05) is 0 Å². The van der Waals surface area contributed by atoms with Crippen LogP contribution in [0.1, 0.15) is 18.4 Å². The molecule has 0 atom stereocenters. The molecule has 0 amide bonds. The lowest BCUT2D eigenvalue weighted by molar-refractivity contribution is 0.00589. The lowest BCUT2D eigenvalue weighted by Crippen LogP contribution is -2.39. The fourth-order valence-electron chi connectivity index (χ4n) is 2.19. The standard InChI is InChI=1S/C12H18N2O3S/c1-13-18(16,17)11-4-2-10(3-5-11)12(15)6-8-14-9-7-12/h2-5,13-15H,6-9H2,1H3. The number of aliphatic hydroxyl groups is 1. The molecule has 1 aromatic carbocycles. The molecule has 1 aliphatic rings. The summed E-state index contributed by atoms with van der Waals surface area (Å²) in [6.45, 7) is 1.54.